The van der Waals surface area contributed by atoms with Crippen molar-refractivity contribution in [2.45, 2.75) is 51.4 Å². The van der Waals surface area contributed by atoms with E-state index in [2.05, 4.69) is 59.4 Å². The van der Waals surface area contributed by atoms with E-state index in [4.69, 9.17) is 19.2 Å². The summed E-state index contributed by atoms with van der Waals surface area (Å²) in [4.78, 5) is 22.1. The lowest BCUT2D eigenvalue weighted by atomic mass is 10.1. The number of nitrogens with one attached hydrogen (secondary N) is 2. The quantitative estimate of drug-likeness (QED) is 0.141. The van der Waals surface area contributed by atoms with Gasteiger partial charge in [0.05, 0.1) is 12.0 Å². The molecule has 5 N–H and O–H groups in total. The Balaban J connectivity index is 0.00000107. The van der Waals surface area contributed by atoms with Gasteiger partial charge in [0.2, 0.25) is 5.95 Å². The van der Waals surface area contributed by atoms with Gasteiger partial charge >= 0.3 is 0 Å². The van der Waals surface area contributed by atoms with E-state index in [1.165, 1.54) is 6.33 Å². The molecule has 1 fully saturated rings. The molecule has 5 rings (SSSR count). The van der Waals surface area contributed by atoms with Crippen LogP contribution in [0.2, 0.25) is 0 Å². The van der Waals surface area contributed by atoms with Crippen LogP contribution in [-0.4, -0.2) is 65.2 Å². The average Bonchev–Trinajstić information content (AvgIpc) is 3.62. The van der Waals surface area contributed by atoms with E-state index >= 15 is 0 Å². The van der Waals surface area contributed by atoms with Gasteiger partial charge in [0, 0.05) is 22.7 Å². The molecule has 0 spiro atoms. The molecule has 0 radical (unpaired) electrons. The fourth-order valence-electron chi connectivity index (χ4n) is 4.05. The van der Waals surface area contributed by atoms with Crippen molar-refractivity contribution in [3.63, 3.8) is 0 Å². The molecule has 14 heteroatoms. The number of carbonyl (C=O) groups is 1. The summed E-state index contributed by atoms with van der Waals surface area (Å²) in [6.07, 6.45) is -2.01. The monoisotopic (exact) mass is 637 g/mol. The molecular weight excluding hydrogens is 609 g/mol. The second-order valence-corrected chi connectivity index (χ2v) is 9.59. The van der Waals surface area contributed by atoms with Crippen LogP contribution in [0.4, 0.5) is 11.8 Å². The molecule has 0 unspecified atom stereocenters. The van der Waals surface area contributed by atoms with Crippen LogP contribution in [0, 0.1) is 3.57 Å². The molecule has 0 saturated carbocycles. The molecule has 0 aliphatic carbocycles. The standard InChI is InChI=1S/C23H26IN7O4.CH2O2/c1-3-14-9-15(35-30-14)19-17(32)18(33)22(34-19)31-11-27-16-20(28-23(25-4-2)29-21(16)31)26-10-12-6-5-7-13(24)8-12;2-1-3/h5-9,11,17-19,22,32-33H,3-4,10H2,1-2H3,(H2,25,26,28,29);1H,(H,2,3)/t17-,18+,19+,22+;/m0./s1. The van der Waals surface area contributed by atoms with Gasteiger partial charge < -0.3 is 35.2 Å². The highest BCUT2D eigenvalue weighted by atomic mass is 127. The number of halogens is 1. The van der Waals surface area contributed by atoms with Crippen molar-refractivity contribution in [3.8, 4) is 0 Å². The molecule has 0 bridgehead atoms. The topological polar surface area (TPSA) is 181 Å². The normalized spacial score (nSPS) is 20.7. The van der Waals surface area contributed by atoms with E-state index in [0.717, 1.165) is 14.8 Å². The number of fused-ring (bicyclic) bond motifs is 1. The number of nitrogens with zero attached hydrogens (tertiary/aromatic N) is 5. The van der Waals surface area contributed by atoms with Crippen molar-refractivity contribution in [2.24, 2.45) is 0 Å². The number of aliphatic hydroxyl groups is 2. The van der Waals surface area contributed by atoms with Gasteiger partial charge in [0.15, 0.2) is 29.0 Å². The summed E-state index contributed by atoms with van der Waals surface area (Å²) in [6.45, 7) is 4.84. The minimum absolute atomic E-state index is 0.250. The van der Waals surface area contributed by atoms with Crippen LogP contribution in [0.25, 0.3) is 11.2 Å². The van der Waals surface area contributed by atoms with Crippen molar-refractivity contribution in [3.05, 3.63) is 57.2 Å². The molecular formula is C24H28IN7O6. The van der Waals surface area contributed by atoms with Crippen LogP contribution < -0.4 is 10.6 Å². The van der Waals surface area contributed by atoms with Crippen LogP contribution in [0.1, 0.15) is 43.2 Å². The van der Waals surface area contributed by atoms with Crippen LogP contribution in [-0.2, 0) is 22.5 Å². The van der Waals surface area contributed by atoms with Crippen LogP contribution in [0.3, 0.4) is 0 Å². The zero-order chi connectivity index (χ0) is 27.2. The minimum atomic E-state index is -1.23. The van der Waals surface area contributed by atoms with Crippen molar-refractivity contribution in [2.75, 3.05) is 17.2 Å². The van der Waals surface area contributed by atoms with Gasteiger partial charge in [-0.2, -0.15) is 9.97 Å². The first kappa shape index (κ1) is 27.7. The molecule has 4 atom stereocenters. The second-order valence-electron chi connectivity index (χ2n) is 8.34. The summed E-state index contributed by atoms with van der Waals surface area (Å²) >= 11 is 2.28. The lowest BCUT2D eigenvalue weighted by Crippen LogP contribution is -2.29. The Hall–Kier alpha value is -3.34. The number of carboxylic acid groups (broad SMARTS) is 1. The lowest BCUT2D eigenvalue weighted by Gasteiger charge is -2.17. The molecule has 0 amide bonds. The Morgan fingerprint density at radius 3 is 2.63 bits per heavy atom. The largest absolute Gasteiger partial charge is 0.483 e. The highest BCUT2D eigenvalue weighted by Gasteiger charge is 2.47. The van der Waals surface area contributed by atoms with E-state index in [9.17, 15) is 10.2 Å². The zero-order valence-electron chi connectivity index (χ0n) is 20.7. The maximum absolute atomic E-state index is 10.8. The summed E-state index contributed by atoms with van der Waals surface area (Å²) in [5.41, 5.74) is 2.84. The van der Waals surface area contributed by atoms with Crippen LogP contribution >= 0.6 is 22.6 Å². The van der Waals surface area contributed by atoms with Crippen molar-refractivity contribution >= 4 is 52.0 Å². The van der Waals surface area contributed by atoms with Crippen LogP contribution in [0.15, 0.2) is 41.2 Å². The Bertz CT molecular complexity index is 1380. The Labute approximate surface area is 231 Å². The smallest absolute Gasteiger partial charge is 0.290 e. The predicted octanol–water partition coefficient (Wildman–Crippen LogP) is 2.72. The summed E-state index contributed by atoms with van der Waals surface area (Å²) in [7, 11) is 0. The molecule has 202 valence electrons. The number of ether oxygens (including phenoxy) is 1. The SMILES string of the molecule is CCNc1nc(NCc2cccc(I)c2)c2ncn([C@@H]3O[C@H](c4cc(CC)no4)[C@@H](O)[C@H]3O)c2n1.O=CO. The van der Waals surface area contributed by atoms with Gasteiger partial charge in [-0.3, -0.25) is 9.36 Å². The molecule has 1 saturated heterocycles. The number of hydrogen-bond acceptors (Lipinski definition) is 11. The molecule has 1 aromatic carbocycles. The maximum Gasteiger partial charge on any atom is 0.290 e. The Morgan fingerprint density at radius 2 is 1.95 bits per heavy atom. The molecule has 3 aromatic heterocycles. The van der Waals surface area contributed by atoms with Crippen molar-refractivity contribution in [1.29, 1.82) is 0 Å². The molecule has 13 nitrogen and oxygen atoms in total. The highest BCUT2D eigenvalue weighted by molar-refractivity contribution is 14.1. The molecule has 1 aliphatic rings. The number of rotatable bonds is 8. The number of aryl methyl sites for hydroxylation is 1. The fourth-order valence-corrected chi connectivity index (χ4v) is 4.66. The molecule has 1 aliphatic heterocycles. The third kappa shape index (κ3) is 5.87. The first-order chi connectivity index (χ1) is 18.4. The number of benzene rings is 1. The number of hydrogen-bond donors (Lipinski definition) is 5. The van der Waals surface area contributed by atoms with Gasteiger partial charge in [-0.1, -0.05) is 24.2 Å². The number of anilines is 2. The van der Waals surface area contributed by atoms with Gasteiger partial charge in [0.1, 0.15) is 18.3 Å². The third-order valence-electron chi connectivity index (χ3n) is 5.84. The maximum atomic E-state index is 10.8. The Morgan fingerprint density at radius 1 is 1.16 bits per heavy atom. The number of imidazole rings is 1. The van der Waals surface area contributed by atoms with Gasteiger partial charge in [-0.25, -0.2) is 4.98 Å². The number of aromatic nitrogens is 5. The average molecular weight is 637 g/mol. The summed E-state index contributed by atoms with van der Waals surface area (Å²) in [5, 5.41) is 38.9. The fraction of sp³-hybridized carbons (Fsp3) is 0.375. The van der Waals surface area contributed by atoms with E-state index in [0.29, 0.717) is 48.2 Å². The van der Waals surface area contributed by atoms with E-state index < -0.39 is 24.5 Å². The second kappa shape index (κ2) is 12.5. The van der Waals surface area contributed by atoms with E-state index in [1.54, 1.807) is 10.6 Å². The molecule has 4 aromatic rings. The zero-order valence-corrected chi connectivity index (χ0v) is 22.8. The van der Waals surface area contributed by atoms with Crippen molar-refractivity contribution < 1.29 is 29.4 Å². The Kier molecular flexibility index (Phi) is 9.09. The third-order valence-corrected chi connectivity index (χ3v) is 6.51. The molecule has 4 heterocycles. The summed E-state index contributed by atoms with van der Waals surface area (Å²) in [6, 6.07) is 9.90. The molecule has 38 heavy (non-hydrogen) atoms. The number of aliphatic hydroxyl groups excluding tert-OH is 2. The van der Waals surface area contributed by atoms with Gasteiger partial charge in [-0.05, 0) is 53.6 Å². The summed E-state index contributed by atoms with van der Waals surface area (Å²) < 4.78 is 14.2. The van der Waals surface area contributed by atoms with Crippen molar-refractivity contribution in [1.82, 2.24) is 24.7 Å². The van der Waals surface area contributed by atoms with E-state index in [1.807, 2.05) is 32.0 Å². The minimum Gasteiger partial charge on any atom is -0.483 e. The lowest BCUT2D eigenvalue weighted by molar-refractivity contribution is -0.122. The highest BCUT2D eigenvalue weighted by Crippen LogP contribution is 2.40. The summed E-state index contributed by atoms with van der Waals surface area (Å²) in [5.74, 6) is 1.33. The first-order valence-corrected chi connectivity index (χ1v) is 13.0. The van der Waals surface area contributed by atoms with Gasteiger partial charge in [-0.15, -0.1) is 0 Å². The van der Waals surface area contributed by atoms with Crippen LogP contribution in [0.5, 0.6) is 0 Å². The van der Waals surface area contributed by atoms with Gasteiger partial charge in [0.25, 0.3) is 6.47 Å². The predicted molar refractivity (Wildman–Crippen MR) is 145 cm³/mol. The van der Waals surface area contributed by atoms with E-state index in [-0.39, 0.29) is 6.47 Å². The first-order valence-electron chi connectivity index (χ1n) is 11.9.